The zero-order chi connectivity index (χ0) is 18.6. The van der Waals surface area contributed by atoms with Gasteiger partial charge in [0, 0.05) is 30.4 Å². The molecule has 6 nitrogen and oxygen atoms in total. The fourth-order valence-corrected chi connectivity index (χ4v) is 2.97. The Kier molecular flexibility index (Phi) is 4.87. The van der Waals surface area contributed by atoms with E-state index in [4.69, 9.17) is 4.74 Å². The number of hydrogen-bond donors (Lipinski definition) is 1. The van der Waals surface area contributed by atoms with Gasteiger partial charge in [0.1, 0.15) is 5.82 Å². The Balaban J connectivity index is 1.48. The molecule has 0 saturated heterocycles. The summed E-state index contributed by atoms with van der Waals surface area (Å²) in [6.45, 7) is 0.458. The highest BCUT2D eigenvalue weighted by molar-refractivity contribution is 5.90. The van der Waals surface area contributed by atoms with Crippen molar-refractivity contribution in [1.29, 1.82) is 0 Å². The Bertz CT molecular complexity index is 915. The van der Waals surface area contributed by atoms with Crippen molar-refractivity contribution in [1.82, 2.24) is 14.8 Å². The van der Waals surface area contributed by atoms with Crippen molar-refractivity contribution in [3.63, 3.8) is 0 Å². The normalized spacial score (nSPS) is 13.4. The van der Waals surface area contributed by atoms with Gasteiger partial charge in [-0.1, -0.05) is 43.2 Å². The summed E-state index contributed by atoms with van der Waals surface area (Å²) in [7, 11) is 1.79. The van der Waals surface area contributed by atoms with E-state index >= 15 is 0 Å². The third-order valence-corrected chi connectivity index (χ3v) is 4.72. The summed E-state index contributed by atoms with van der Waals surface area (Å²) >= 11 is 0. The zero-order valence-electron chi connectivity index (χ0n) is 15.2. The first-order valence-corrected chi connectivity index (χ1v) is 9.09. The van der Waals surface area contributed by atoms with E-state index in [-0.39, 0.29) is 0 Å². The van der Waals surface area contributed by atoms with Gasteiger partial charge in [0.25, 0.3) is 0 Å². The molecule has 1 aromatic carbocycles. The minimum atomic E-state index is -0.443. The van der Waals surface area contributed by atoms with E-state index in [1.165, 1.54) is 12.8 Å². The molecule has 0 atom stereocenters. The second-order valence-electron chi connectivity index (χ2n) is 6.74. The second-order valence-corrected chi connectivity index (χ2v) is 6.74. The van der Waals surface area contributed by atoms with Crippen LogP contribution in [-0.2, 0) is 11.8 Å². The Morgan fingerprint density at radius 3 is 2.74 bits per heavy atom. The molecule has 1 N–H and O–H groups in total. The van der Waals surface area contributed by atoms with Crippen LogP contribution in [-0.4, -0.2) is 27.5 Å². The van der Waals surface area contributed by atoms with Gasteiger partial charge in [-0.25, -0.2) is 4.79 Å². The first-order chi connectivity index (χ1) is 13.2. The first kappa shape index (κ1) is 17.3. The molecule has 2 aromatic heterocycles. The topological polar surface area (TPSA) is 69.0 Å². The molecule has 1 aliphatic carbocycles. The number of anilines is 1. The van der Waals surface area contributed by atoms with Crippen LogP contribution in [0.25, 0.3) is 22.4 Å². The van der Waals surface area contributed by atoms with Crippen LogP contribution in [0.2, 0.25) is 0 Å². The lowest BCUT2D eigenvalue weighted by atomic mass is 10.0. The summed E-state index contributed by atoms with van der Waals surface area (Å²) in [5.41, 5.74) is 3.72. The number of hydrogen-bond acceptors (Lipinski definition) is 4. The zero-order valence-corrected chi connectivity index (χ0v) is 15.2. The molecule has 2 heterocycles. The highest BCUT2D eigenvalue weighted by Crippen LogP contribution is 2.32. The average Bonchev–Trinajstić information content (AvgIpc) is 3.46. The van der Waals surface area contributed by atoms with Crippen molar-refractivity contribution < 1.29 is 9.53 Å². The molecule has 0 bridgehead atoms. The van der Waals surface area contributed by atoms with Crippen LogP contribution < -0.4 is 5.32 Å². The van der Waals surface area contributed by atoms with E-state index in [0.717, 1.165) is 34.7 Å². The number of ether oxygens (including phenoxy) is 1. The minimum Gasteiger partial charge on any atom is -0.449 e. The first-order valence-electron chi connectivity index (χ1n) is 9.09. The highest BCUT2D eigenvalue weighted by Gasteiger charge is 2.21. The van der Waals surface area contributed by atoms with Gasteiger partial charge in [0.05, 0.1) is 18.5 Å². The number of nitrogens with zero attached hydrogens (tertiary/aromatic N) is 3. The van der Waals surface area contributed by atoms with Gasteiger partial charge in [0.15, 0.2) is 0 Å². The number of aromatic nitrogens is 3. The van der Waals surface area contributed by atoms with Crippen LogP contribution in [0.15, 0.2) is 48.8 Å². The largest absolute Gasteiger partial charge is 0.449 e. The van der Waals surface area contributed by atoms with E-state index in [2.05, 4.69) is 21.5 Å². The van der Waals surface area contributed by atoms with Crippen molar-refractivity contribution in [2.75, 3.05) is 11.9 Å². The molecule has 1 amide bonds. The van der Waals surface area contributed by atoms with E-state index < -0.39 is 6.09 Å². The highest BCUT2D eigenvalue weighted by atomic mass is 16.5. The SMILES string of the molecule is Cn1ncc(-c2ccc(-c3cc[c]cn3)cc2)c1NC(=O)OCCC1CC1. The number of carbonyl (C=O) groups excluding carboxylic acids is 1. The molecular formula is C21H21N4O2. The van der Waals surface area contributed by atoms with Gasteiger partial charge in [0.2, 0.25) is 0 Å². The smallest absolute Gasteiger partial charge is 0.412 e. The molecule has 0 spiro atoms. The lowest BCUT2D eigenvalue weighted by Gasteiger charge is -2.10. The Labute approximate surface area is 158 Å². The van der Waals surface area contributed by atoms with Crippen molar-refractivity contribution >= 4 is 11.9 Å². The van der Waals surface area contributed by atoms with Crippen molar-refractivity contribution in [2.24, 2.45) is 13.0 Å². The summed E-state index contributed by atoms with van der Waals surface area (Å²) in [6.07, 6.45) is 6.40. The average molecular weight is 361 g/mol. The maximum Gasteiger partial charge on any atom is 0.412 e. The van der Waals surface area contributed by atoms with E-state index in [9.17, 15) is 4.79 Å². The van der Waals surface area contributed by atoms with Gasteiger partial charge < -0.3 is 4.74 Å². The molecule has 137 valence electrons. The molecule has 6 heteroatoms. The second kappa shape index (κ2) is 7.61. The fraction of sp³-hybridized carbons (Fsp3) is 0.286. The van der Waals surface area contributed by atoms with Crippen LogP contribution >= 0.6 is 0 Å². The van der Waals surface area contributed by atoms with E-state index in [1.807, 2.05) is 36.4 Å². The standard InChI is InChI=1S/C21H21N4O2/c1-25-20(24-21(26)27-13-11-15-5-6-15)18(14-23-25)16-7-9-17(10-8-16)19-4-2-3-12-22-19/h2,4,7-10,12,14-15H,5-6,11,13H2,1H3,(H,24,26). The molecule has 1 fully saturated rings. The van der Waals surface area contributed by atoms with Gasteiger partial charge >= 0.3 is 6.09 Å². The maximum absolute atomic E-state index is 12.1. The number of nitrogens with one attached hydrogen (secondary N) is 1. The van der Waals surface area contributed by atoms with Crippen molar-refractivity contribution in [3.05, 3.63) is 54.9 Å². The molecule has 27 heavy (non-hydrogen) atoms. The third kappa shape index (κ3) is 4.16. The summed E-state index contributed by atoms with van der Waals surface area (Å²) in [6, 6.07) is 14.7. The van der Waals surface area contributed by atoms with Gasteiger partial charge in [-0.05, 0) is 24.0 Å². The fourth-order valence-electron chi connectivity index (χ4n) is 2.97. The number of aryl methyl sites for hydroxylation is 1. The van der Waals surface area contributed by atoms with Crippen LogP contribution in [0.1, 0.15) is 19.3 Å². The summed E-state index contributed by atoms with van der Waals surface area (Å²) in [4.78, 5) is 16.4. The number of benzene rings is 1. The summed E-state index contributed by atoms with van der Waals surface area (Å²) in [5.74, 6) is 1.35. The number of carbonyl (C=O) groups is 1. The molecule has 1 radical (unpaired) electrons. The van der Waals surface area contributed by atoms with Crippen LogP contribution in [0.3, 0.4) is 0 Å². The monoisotopic (exact) mass is 361 g/mol. The lowest BCUT2D eigenvalue weighted by Crippen LogP contribution is -2.17. The quantitative estimate of drug-likeness (QED) is 0.711. The van der Waals surface area contributed by atoms with E-state index in [1.54, 1.807) is 24.1 Å². The van der Waals surface area contributed by atoms with Crippen molar-refractivity contribution in [2.45, 2.75) is 19.3 Å². The number of pyridine rings is 1. The summed E-state index contributed by atoms with van der Waals surface area (Å²) < 4.78 is 6.93. The molecule has 1 saturated carbocycles. The van der Waals surface area contributed by atoms with Crippen LogP contribution in [0.5, 0.6) is 0 Å². The Hall–Kier alpha value is -3.15. The van der Waals surface area contributed by atoms with Gasteiger partial charge in [-0.2, -0.15) is 5.10 Å². The minimum absolute atomic E-state index is 0.443. The predicted molar refractivity (Wildman–Crippen MR) is 103 cm³/mol. The van der Waals surface area contributed by atoms with Crippen LogP contribution in [0.4, 0.5) is 10.6 Å². The maximum atomic E-state index is 12.1. The third-order valence-electron chi connectivity index (χ3n) is 4.72. The lowest BCUT2D eigenvalue weighted by molar-refractivity contribution is 0.158. The van der Waals surface area contributed by atoms with Crippen molar-refractivity contribution in [3.8, 4) is 22.4 Å². The summed E-state index contributed by atoms with van der Waals surface area (Å²) in [5, 5.41) is 7.10. The molecule has 0 aliphatic heterocycles. The molecule has 3 aromatic rings. The van der Waals surface area contributed by atoms with Crippen LogP contribution in [0, 0.1) is 12.0 Å². The van der Waals surface area contributed by atoms with Gasteiger partial charge in [-0.15, -0.1) is 0 Å². The molecule has 1 aliphatic rings. The van der Waals surface area contributed by atoms with Gasteiger partial charge in [-0.3, -0.25) is 15.0 Å². The van der Waals surface area contributed by atoms with E-state index in [0.29, 0.717) is 12.4 Å². The number of amides is 1. The Morgan fingerprint density at radius 2 is 2.04 bits per heavy atom. The predicted octanol–water partition coefficient (Wildman–Crippen LogP) is 4.30. The molecular weight excluding hydrogens is 340 g/mol. The Morgan fingerprint density at radius 1 is 1.26 bits per heavy atom. The molecule has 4 rings (SSSR count). The number of rotatable bonds is 6. The molecule has 0 unspecified atom stereocenters.